The van der Waals surface area contributed by atoms with E-state index < -0.39 is 0 Å². The van der Waals surface area contributed by atoms with Crippen molar-refractivity contribution in [1.29, 1.82) is 0 Å². The number of rotatable bonds is 10. The predicted molar refractivity (Wildman–Crippen MR) is 97.9 cm³/mol. The smallest absolute Gasteiger partial charge is 0.168 e. The van der Waals surface area contributed by atoms with Gasteiger partial charge in [0.2, 0.25) is 0 Å². The van der Waals surface area contributed by atoms with Crippen LogP contribution in [0, 0.1) is 5.92 Å². The van der Waals surface area contributed by atoms with Crippen LogP contribution >= 0.6 is 11.8 Å². The average Bonchev–Trinajstić information content (AvgIpc) is 2.51. The van der Waals surface area contributed by atoms with Crippen LogP contribution in [0.2, 0.25) is 0 Å². The fourth-order valence-corrected chi connectivity index (χ4v) is 4.02. The molecule has 0 heterocycles. The van der Waals surface area contributed by atoms with E-state index in [0.29, 0.717) is 29.8 Å². The van der Waals surface area contributed by atoms with Gasteiger partial charge in [-0.15, -0.1) is 0 Å². The molecular formula is C18H31NO3S. The second kappa shape index (κ2) is 10.7. The molecule has 0 amide bonds. The summed E-state index contributed by atoms with van der Waals surface area (Å²) in [4.78, 5) is 17.9. The molecule has 0 unspecified atom stereocenters. The third kappa shape index (κ3) is 6.21. The number of hydrogen-bond acceptors (Lipinski definition) is 5. The molecule has 0 spiro atoms. The summed E-state index contributed by atoms with van der Waals surface area (Å²) in [5, 5.41) is 4.75. The molecule has 2 atom stereocenters. The number of carbonyl (C=O) groups excluding carboxylic acids is 1. The highest BCUT2D eigenvalue weighted by atomic mass is 32.2. The molecule has 1 aliphatic carbocycles. The number of ketones is 1. The zero-order valence-corrected chi connectivity index (χ0v) is 16.0. The van der Waals surface area contributed by atoms with E-state index in [1.165, 1.54) is 0 Å². The summed E-state index contributed by atoms with van der Waals surface area (Å²) in [7, 11) is 1.65. The van der Waals surface area contributed by atoms with Crippen LogP contribution in [0.25, 0.3) is 0 Å². The average molecular weight is 342 g/mol. The maximum absolute atomic E-state index is 12.7. The molecule has 132 valence electrons. The first-order valence-corrected chi connectivity index (χ1v) is 9.73. The second-order valence-electron chi connectivity index (χ2n) is 5.91. The number of allylic oxidation sites excluding steroid dienone is 2. The van der Waals surface area contributed by atoms with Gasteiger partial charge in [0.05, 0.1) is 18.4 Å². The minimum atomic E-state index is 0.152. The largest absolute Gasteiger partial charge is 0.500 e. The summed E-state index contributed by atoms with van der Waals surface area (Å²) in [6.07, 6.45) is 4.12. The first-order chi connectivity index (χ1) is 11.1. The summed E-state index contributed by atoms with van der Waals surface area (Å²) in [6.45, 7) is 8.89. The number of oxime groups is 1. The Morgan fingerprint density at radius 3 is 2.65 bits per heavy atom. The summed E-state index contributed by atoms with van der Waals surface area (Å²) in [5.74, 6) is 2.41. The van der Waals surface area contributed by atoms with E-state index >= 15 is 0 Å². The third-order valence-corrected chi connectivity index (χ3v) is 5.04. The summed E-state index contributed by atoms with van der Waals surface area (Å²) < 4.78 is 5.57. The number of methoxy groups -OCH3 is 1. The fourth-order valence-electron chi connectivity index (χ4n) is 3.05. The quantitative estimate of drug-likeness (QED) is 0.431. The van der Waals surface area contributed by atoms with Gasteiger partial charge in [0.1, 0.15) is 12.4 Å². The number of thioether (sulfide) groups is 1. The van der Waals surface area contributed by atoms with Crippen molar-refractivity contribution in [2.75, 3.05) is 19.5 Å². The molecule has 0 aromatic carbocycles. The highest BCUT2D eigenvalue weighted by Crippen LogP contribution is 2.34. The normalized spacial score (nSPS) is 20.7. The molecule has 4 nitrogen and oxygen atoms in total. The molecule has 0 N–H and O–H groups in total. The van der Waals surface area contributed by atoms with Crippen LogP contribution in [0.4, 0.5) is 0 Å². The summed E-state index contributed by atoms with van der Waals surface area (Å²) in [5.41, 5.74) is 1.40. The maximum Gasteiger partial charge on any atom is 0.168 e. The van der Waals surface area contributed by atoms with Crippen molar-refractivity contribution in [3.05, 3.63) is 11.3 Å². The Balaban J connectivity index is 2.96. The van der Waals surface area contributed by atoms with Gasteiger partial charge in [0.15, 0.2) is 5.78 Å². The van der Waals surface area contributed by atoms with Crippen LogP contribution in [0.5, 0.6) is 0 Å². The van der Waals surface area contributed by atoms with Crippen molar-refractivity contribution in [3.63, 3.8) is 0 Å². The van der Waals surface area contributed by atoms with Gasteiger partial charge in [0.25, 0.3) is 0 Å². The molecule has 5 heteroatoms. The molecule has 0 bridgehead atoms. The van der Waals surface area contributed by atoms with Crippen molar-refractivity contribution in [2.24, 2.45) is 11.1 Å². The zero-order chi connectivity index (χ0) is 17.2. The number of ether oxygens (including phenoxy) is 1. The number of nitrogens with zero attached hydrogens (tertiary/aromatic N) is 1. The first-order valence-electron chi connectivity index (χ1n) is 8.68. The monoisotopic (exact) mass is 341 g/mol. The van der Waals surface area contributed by atoms with Gasteiger partial charge in [-0.1, -0.05) is 32.3 Å². The topological polar surface area (TPSA) is 47.9 Å². The van der Waals surface area contributed by atoms with Crippen LogP contribution in [0.1, 0.15) is 59.8 Å². The molecule has 0 saturated carbocycles. The molecular weight excluding hydrogens is 310 g/mol. The summed E-state index contributed by atoms with van der Waals surface area (Å²) >= 11 is 1.95. The molecule has 1 rings (SSSR count). The molecule has 0 aromatic rings. The molecule has 0 fully saturated rings. The Hall–Kier alpha value is -0.970. The van der Waals surface area contributed by atoms with Crippen LogP contribution in [0.15, 0.2) is 16.5 Å². The third-order valence-electron chi connectivity index (χ3n) is 3.95. The van der Waals surface area contributed by atoms with E-state index in [1.54, 1.807) is 7.11 Å². The van der Waals surface area contributed by atoms with Crippen LogP contribution in [-0.4, -0.2) is 36.2 Å². The van der Waals surface area contributed by atoms with Gasteiger partial charge in [-0.05, 0) is 31.4 Å². The Morgan fingerprint density at radius 2 is 2.09 bits per heavy atom. The van der Waals surface area contributed by atoms with Gasteiger partial charge in [-0.2, -0.15) is 11.8 Å². The lowest BCUT2D eigenvalue weighted by molar-refractivity contribution is -0.117. The van der Waals surface area contributed by atoms with Gasteiger partial charge in [-0.25, -0.2) is 0 Å². The molecule has 1 aliphatic rings. The number of hydrogen-bond donors (Lipinski definition) is 0. The highest BCUT2D eigenvalue weighted by molar-refractivity contribution is 7.99. The molecule has 0 aromatic heterocycles. The number of carbonyl (C=O) groups is 1. The van der Waals surface area contributed by atoms with Gasteiger partial charge < -0.3 is 9.57 Å². The lowest BCUT2D eigenvalue weighted by atomic mass is 9.82. The van der Waals surface area contributed by atoms with Gasteiger partial charge in [-0.3, -0.25) is 4.79 Å². The lowest BCUT2D eigenvalue weighted by Gasteiger charge is -2.27. The Labute approximate surface area is 145 Å². The minimum Gasteiger partial charge on any atom is -0.500 e. The van der Waals surface area contributed by atoms with Crippen molar-refractivity contribution in [2.45, 2.75) is 65.0 Å². The molecule has 0 aliphatic heterocycles. The van der Waals surface area contributed by atoms with E-state index in [9.17, 15) is 4.79 Å². The van der Waals surface area contributed by atoms with E-state index in [4.69, 9.17) is 9.57 Å². The summed E-state index contributed by atoms with van der Waals surface area (Å²) in [6, 6.07) is 0. The Morgan fingerprint density at radius 1 is 1.35 bits per heavy atom. The molecule has 0 radical (unpaired) electrons. The maximum atomic E-state index is 12.7. The standard InChI is InChI=1S/C18H31NO3S/c1-6-9-15(19-22-7-2)18-16(20)11-14(12-17(18)21-5)10-13(4)23-8-3/h13-14H,6-12H2,1-5H3/b19-15-/t13-,14+/m0/s1. The Kier molecular flexibility index (Phi) is 9.37. The molecule has 0 saturated heterocycles. The van der Waals surface area contributed by atoms with Gasteiger partial charge in [0, 0.05) is 18.1 Å². The molecule has 23 heavy (non-hydrogen) atoms. The zero-order valence-electron chi connectivity index (χ0n) is 15.2. The van der Waals surface area contributed by atoms with E-state index in [0.717, 1.165) is 42.9 Å². The van der Waals surface area contributed by atoms with Crippen molar-refractivity contribution >= 4 is 23.3 Å². The van der Waals surface area contributed by atoms with E-state index in [2.05, 4.69) is 25.9 Å². The first kappa shape index (κ1) is 20.1. The van der Waals surface area contributed by atoms with Crippen molar-refractivity contribution in [3.8, 4) is 0 Å². The SMILES string of the molecule is CCC/C(=N/OCC)C1=C(OC)C[C@H](C[C@H](C)SCC)CC1=O. The van der Waals surface area contributed by atoms with Crippen LogP contribution in [-0.2, 0) is 14.4 Å². The fraction of sp³-hybridized carbons (Fsp3) is 0.778. The van der Waals surface area contributed by atoms with E-state index in [1.807, 2.05) is 18.7 Å². The number of Topliss-reactive ketones (excluding diaryl/α,β-unsaturated/α-hetero) is 1. The van der Waals surface area contributed by atoms with Crippen molar-refractivity contribution < 1.29 is 14.4 Å². The van der Waals surface area contributed by atoms with Crippen LogP contribution in [0.3, 0.4) is 0 Å². The van der Waals surface area contributed by atoms with Gasteiger partial charge >= 0.3 is 0 Å². The van der Waals surface area contributed by atoms with Crippen molar-refractivity contribution in [1.82, 2.24) is 0 Å². The predicted octanol–water partition coefficient (Wildman–Crippen LogP) is 4.59. The Bertz CT molecular complexity index is 446. The van der Waals surface area contributed by atoms with Crippen LogP contribution < -0.4 is 0 Å². The van der Waals surface area contributed by atoms with E-state index in [-0.39, 0.29) is 5.78 Å². The highest BCUT2D eigenvalue weighted by Gasteiger charge is 2.32. The lowest BCUT2D eigenvalue weighted by Crippen LogP contribution is -2.26. The minimum absolute atomic E-state index is 0.152. The second-order valence-corrected chi connectivity index (χ2v) is 7.62.